The fraction of sp³-hybridized carbons (Fsp3) is 0.333. The smallest absolute Gasteiger partial charge is 0.0543 e. The van der Waals surface area contributed by atoms with Gasteiger partial charge in [-0.15, -0.1) is 0 Å². The third kappa shape index (κ3) is 2.92. The lowest BCUT2D eigenvalue weighted by Gasteiger charge is -2.32. The van der Waals surface area contributed by atoms with Crippen molar-refractivity contribution in [2.45, 2.75) is 25.7 Å². The van der Waals surface area contributed by atoms with E-state index in [1.54, 1.807) is 0 Å². The second-order valence-electron chi connectivity index (χ2n) is 5.62. The van der Waals surface area contributed by atoms with Gasteiger partial charge in [0.25, 0.3) is 0 Å². The molecule has 0 aliphatic heterocycles. The summed E-state index contributed by atoms with van der Waals surface area (Å²) in [5.74, 6) is 0. The summed E-state index contributed by atoms with van der Waals surface area (Å²) >= 11 is 0. The number of hydrogen-bond acceptors (Lipinski definition) is 2. The van der Waals surface area contributed by atoms with Crippen molar-refractivity contribution >= 4 is 0 Å². The van der Waals surface area contributed by atoms with E-state index in [2.05, 4.69) is 50.2 Å². The van der Waals surface area contributed by atoms with Crippen LogP contribution in [-0.4, -0.2) is 18.3 Å². The van der Waals surface area contributed by atoms with E-state index in [0.29, 0.717) is 6.54 Å². The molecule has 0 bridgehead atoms. The zero-order chi connectivity index (χ0) is 14.6. The first-order valence-corrected chi connectivity index (χ1v) is 7.04. The van der Waals surface area contributed by atoms with Gasteiger partial charge in [0.1, 0.15) is 0 Å². The molecule has 2 aromatic rings. The van der Waals surface area contributed by atoms with E-state index in [-0.39, 0.29) is 6.61 Å². The van der Waals surface area contributed by atoms with Crippen LogP contribution in [0.4, 0.5) is 0 Å². The zero-order valence-electron chi connectivity index (χ0n) is 12.3. The molecule has 2 aromatic carbocycles. The van der Waals surface area contributed by atoms with Crippen LogP contribution in [0.3, 0.4) is 0 Å². The van der Waals surface area contributed by atoms with E-state index in [0.717, 1.165) is 12.0 Å². The summed E-state index contributed by atoms with van der Waals surface area (Å²) in [5, 5.41) is 9.99. The van der Waals surface area contributed by atoms with Gasteiger partial charge in [-0.05, 0) is 37.0 Å². The van der Waals surface area contributed by atoms with E-state index >= 15 is 0 Å². The minimum atomic E-state index is -0.402. The summed E-state index contributed by atoms with van der Waals surface area (Å²) in [5.41, 5.74) is 10.4. The van der Waals surface area contributed by atoms with Gasteiger partial charge in [-0.25, -0.2) is 0 Å². The Morgan fingerprint density at radius 1 is 1.00 bits per heavy atom. The number of rotatable bonds is 5. The average molecular weight is 269 g/mol. The van der Waals surface area contributed by atoms with Gasteiger partial charge in [-0.2, -0.15) is 0 Å². The van der Waals surface area contributed by atoms with Crippen LogP contribution < -0.4 is 5.73 Å². The number of nitrogens with two attached hydrogens (primary N) is 1. The fourth-order valence-electron chi connectivity index (χ4n) is 2.75. The molecule has 106 valence electrons. The van der Waals surface area contributed by atoms with Crippen LogP contribution in [0, 0.1) is 13.8 Å². The number of aliphatic hydroxyl groups excluding tert-OH is 1. The van der Waals surface area contributed by atoms with Crippen molar-refractivity contribution in [2.75, 3.05) is 13.2 Å². The lowest BCUT2D eigenvalue weighted by Crippen LogP contribution is -2.41. The second-order valence-corrected chi connectivity index (χ2v) is 5.62. The van der Waals surface area contributed by atoms with Gasteiger partial charge in [-0.3, -0.25) is 0 Å². The van der Waals surface area contributed by atoms with Crippen molar-refractivity contribution in [1.82, 2.24) is 0 Å². The molecule has 0 aromatic heterocycles. The van der Waals surface area contributed by atoms with Crippen LogP contribution in [0.15, 0.2) is 48.5 Å². The van der Waals surface area contributed by atoms with Gasteiger partial charge in [0.2, 0.25) is 0 Å². The number of benzene rings is 2. The van der Waals surface area contributed by atoms with Crippen molar-refractivity contribution in [3.05, 3.63) is 70.8 Å². The standard InChI is InChI=1S/C18H23NO/c1-14-7-9-16(10-8-14)11-18(12-19,13-20)17-6-4-3-5-15(17)2/h3-10,20H,11-13,19H2,1-2H3. The predicted octanol–water partition coefficient (Wildman–Crippen LogP) is 2.73. The van der Waals surface area contributed by atoms with Crippen LogP contribution in [0.25, 0.3) is 0 Å². The Morgan fingerprint density at radius 3 is 2.20 bits per heavy atom. The maximum atomic E-state index is 9.99. The molecule has 2 nitrogen and oxygen atoms in total. The molecule has 0 spiro atoms. The predicted molar refractivity (Wildman–Crippen MR) is 83.9 cm³/mol. The highest BCUT2D eigenvalue weighted by molar-refractivity contribution is 5.37. The Kier molecular flexibility index (Phi) is 4.58. The van der Waals surface area contributed by atoms with Gasteiger partial charge >= 0.3 is 0 Å². The lowest BCUT2D eigenvalue weighted by molar-refractivity contribution is 0.195. The monoisotopic (exact) mass is 269 g/mol. The lowest BCUT2D eigenvalue weighted by atomic mass is 9.74. The fourth-order valence-corrected chi connectivity index (χ4v) is 2.75. The molecule has 0 fully saturated rings. The molecule has 1 atom stereocenters. The summed E-state index contributed by atoms with van der Waals surface area (Å²) in [7, 11) is 0. The molecule has 3 N–H and O–H groups in total. The quantitative estimate of drug-likeness (QED) is 0.876. The van der Waals surface area contributed by atoms with Crippen molar-refractivity contribution in [2.24, 2.45) is 5.73 Å². The van der Waals surface area contributed by atoms with Crippen molar-refractivity contribution in [3.63, 3.8) is 0 Å². The van der Waals surface area contributed by atoms with Crippen LogP contribution in [0.5, 0.6) is 0 Å². The molecule has 2 heteroatoms. The van der Waals surface area contributed by atoms with Gasteiger partial charge in [0.15, 0.2) is 0 Å². The number of aliphatic hydroxyl groups is 1. The summed E-state index contributed by atoms with van der Waals surface area (Å²) in [6, 6.07) is 16.6. The molecule has 2 rings (SSSR count). The van der Waals surface area contributed by atoms with Gasteiger partial charge < -0.3 is 10.8 Å². The Morgan fingerprint density at radius 2 is 1.65 bits per heavy atom. The Hall–Kier alpha value is -1.64. The molecule has 0 radical (unpaired) electrons. The van der Waals surface area contributed by atoms with Crippen molar-refractivity contribution < 1.29 is 5.11 Å². The third-order valence-electron chi connectivity index (χ3n) is 4.07. The van der Waals surface area contributed by atoms with E-state index in [1.165, 1.54) is 16.7 Å². The number of aryl methyl sites for hydroxylation is 2. The molecule has 0 aliphatic rings. The van der Waals surface area contributed by atoms with Gasteiger partial charge in [0.05, 0.1) is 6.61 Å². The second kappa shape index (κ2) is 6.21. The Labute approximate surface area is 121 Å². The van der Waals surface area contributed by atoms with E-state index in [1.807, 2.05) is 12.1 Å². The average Bonchev–Trinajstić information content (AvgIpc) is 2.48. The zero-order valence-corrected chi connectivity index (χ0v) is 12.3. The molecular weight excluding hydrogens is 246 g/mol. The highest BCUT2D eigenvalue weighted by Crippen LogP contribution is 2.30. The SMILES string of the molecule is Cc1ccc(CC(CN)(CO)c2ccccc2C)cc1. The first-order chi connectivity index (χ1) is 9.61. The van der Waals surface area contributed by atoms with Crippen LogP contribution in [0.2, 0.25) is 0 Å². The largest absolute Gasteiger partial charge is 0.395 e. The Balaban J connectivity index is 2.39. The summed E-state index contributed by atoms with van der Waals surface area (Å²) < 4.78 is 0. The normalized spacial score (nSPS) is 14.0. The minimum Gasteiger partial charge on any atom is -0.395 e. The number of hydrogen-bond donors (Lipinski definition) is 2. The molecule has 0 amide bonds. The molecule has 0 aliphatic carbocycles. The van der Waals surface area contributed by atoms with Crippen LogP contribution in [-0.2, 0) is 11.8 Å². The highest BCUT2D eigenvalue weighted by atomic mass is 16.3. The first kappa shape index (κ1) is 14.8. The van der Waals surface area contributed by atoms with Crippen LogP contribution in [0.1, 0.15) is 22.3 Å². The van der Waals surface area contributed by atoms with E-state index in [9.17, 15) is 5.11 Å². The van der Waals surface area contributed by atoms with Crippen molar-refractivity contribution in [1.29, 1.82) is 0 Å². The maximum absolute atomic E-state index is 9.99. The van der Waals surface area contributed by atoms with Crippen LogP contribution >= 0.6 is 0 Å². The highest BCUT2D eigenvalue weighted by Gasteiger charge is 2.31. The molecule has 0 heterocycles. The molecule has 0 saturated heterocycles. The van der Waals surface area contributed by atoms with Gasteiger partial charge in [0, 0.05) is 12.0 Å². The molecule has 20 heavy (non-hydrogen) atoms. The van der Waals surface area contributed by atoms with Crippen molar-refractivity contribution in [3.8, 4) is 0 Å². The van der Waals surface area contributed by atoms with E-state index < -0.39 is 5.41 Å². The molecule has 0 saturated carbocycles. The van der Waals surface area contributed by atoms with Gasteiger partial charge in [-0.1, -0.05) is 54.1 Å². The summed E-state index contributed by atoms with van der Waals surface area (Å²) in [6.45, 7) is 4.64. The topological polar surface area (TPSA) is 46.2 Å². The third-order valence-corrected chi connectivity index (χ3v) is 4.07. The summed E-state index contributed by atoms with van der Waals surface area (Å²) in [6.07, 6.45) is 0.755. The van der Waals surface area contributed by atoms with E-state index in [4.69, 9.17) is 5.73 Å². The maximum Gasteiger partial charge on any atom is 0.0543 e. The molecule has 1 unspecified atom stereocenters. The minimum absolute atomic E-state index is 0.0578. The Bertz CT molecular complexity index is 556. The first-order valence-electron chi connectivity index (χ1n) is 7.04. The molecular formula is C18H23NO. The summed E-state index contributed by atoms with van der Waals surface area (Å²) in [4.78, 5) is 0.